The molecule has 0 saturated heterocycles. The van der Waals surface area contributed by atoms with Crippen LogP contribution in [0.2, 0.25) is 0 Å². The molecule has 0 atom stereocenters. The number of nitrogens with two attached hydrogens (primary N) is 1. The third-order valence-electron chi connectivity index (χ3n) is 2.31. The van der Waals surface area contributed by atoms with E-state index < -0.39 is 0 Å². The average molecular weight is 211 g/mol. The first-order valence-corrected chi connectivity index (χ1v) is 4.85. The topological polar surface area (TPSA) is 69.1 Å². The van der Waals surface area contributed by atoms with E-state index in [0.29, 0.717) is 5.82 Å². The van der Waals surface area contributed by atoms with Crippen LogP contribution in [-0.4, -0.2) is 19.6 Å². The Hall–Kier alpha value is -2.43. The minimum absolute atomic E-state index is 0.472. The van der Waals surface area contributed by atoms with E-state index in [0.717, 1.165) is 16.9 Å². The van der Waals surface area contributed by atoms with Crippen molar-refractivity contribution in [1.29, 1.82) is 0 Å². The van der Waals surface area contributed by atoms with Crippen molar-refractivity contribution in [1.82, 2.24) is 19.6 Å². The highest BCUT2D eigenvalue weighted by Crippen LogP contribution is 2.16. The van der Waals surface area contributed by atoms with E-state index in [4.69, 9.17) is 5.73 Å². The predicted molar refractivity (Wildman–Crippen MR) is 60.6 cm³/mol. The molecule has 3 aromatic heterocycles. The van der Waals surface area contributed by atoms with Gasteiger partial charge in [0.2, 0.25) is 0 Å². The van der Waals surface area contributed by atoms with E-state index in [1.807, 2.05) is 24.3 Å². The van der Waals surface area contributed by atoms with Gasteiger partial charge in [0, 0.05) is 18.0 Å². The van der Waals surface area contributed by atoms with Crippen LogP contribution in [0.25, 0.3) is 16.9 Å². The number of anilines is 1. The number of aromatic nitrogens is 4. The van der Waals surface area contributed by atoms with Crippen molar-refractivity contribution in [2.75, 3.05) is 5.73 Å². The lowest BCUT2D eigenvalue weighted by atomic mass is 10.2. The van der Waals surface area contributed by atoms with Gasteiger partial charge in [-0.1, -0.05) is 0 Å². The van der Waals surface area contributed by atoms with Gasteiger partial charge < -0.3 is 5.73 Å². The number of hydrogen-bond acceptors (Lipinski definition) is 4. The van der Waals surface area contributed by atoms with Gasteiger partial charge in [-0.25, -0.2) is 9.50 Å². The Labute approximate surface area is 91.6 Å². The third-order valence-corrected chi connectivity index (χ3v) is 2.31. The van der Waals surface area contributed by atoms with Crippen molar-refractivity contribution in [2.45, 2.75) is 0 Å². The van der Waals surface area contributed by atoms with Crippen LogP contribution in [0.5, 0.6) is 0 Å². The number of imidazole rings is 1. The van der Waals surface area contributed by atoms with Crippen molar-refractivity contribution in [3.05, 3.63) is 42.9 Å². The molecule has 0 fully saturated rings. The van der Waals surface area contributed by atoms with Gasteiger partial charge >= 0.3 is 0 Å². The average Bonchev–Trinajstić information content (AvgIpc) is 2.69. The fourth-order valence-corrected chi connectivity index (χ4v) is 1.58. The maximum Gasteiger partial charge on any atom is 0.156 e. The largest absolute Gasteiger partial charge is 0.382 e. The van der Waals surface area contributed by atoms with E-state index in [2.05, 4.69) is 15.1 Å². The quantitative estimate of drug-likeness (QED) is 0.660. The first-order chi connectivity index (χ1) is 7.83. The van der Waals surface area contributed by atoms with Crippen LogP contribution in [-0.2, 0) is 0 Å². The van der Waals surface area contributed by atoms with E-state index in [-0.39, 0.29) is 0 Å². The molecule has 3 aromatic rings. The predicted octanol–water partition coefficient (Wildman–Crippen LogP) is 1.37. The Bertz CT molecular complexity index is 629. The highest BCUT2D eigenvalue weighted by molar-refractivity contribution is 5.60. The lowest BCUT2D eigenvalue weighted by Crippen LogP contribution is -1.92. The van der Waals surface area contributed by atoms with Crippen molar-refractivity contribution in [3.63, 3.8) is 0 Å². The number of pyridine rings is 1. The summed E-state index contributed by atoms with van der Waals surface area (Å²) in [6, 6.07) is 7.62. The van der Waals surface area contributed by atoms with Crippen molar-refractivity contribution < 1.29 is 0 Å². The molecule has 16 heavy (non-hydrogen) atoms. The Balaban J connectivity index is 2.18. The van der Waals surface area contributed by atoms with Gasteiger partial charge in [0.05, 0.1) is 11.9 Å². The number of fused-ring (bicyclic) bond motifs is 1. The van der Waals surface area contributed by atoms with Gasteiger partial charge in [0.1, 0.15) is 5.82 Å². The lowest BCUT2D eigenvalue weighted by Gasteiger charge is -1.99. The summed E-state index contributed by atoms with van der Waals surface area (Å²) >= 11 is 0. The summed E-state index contributed by atoms with van der Waals surface area (Å²) in [5.41, 5.74) is 8.23. The molecule has 0 aliphatic heterocycles. The van der Waals surface area contributed by atoms with Gasteiger partial charge in [-0.15, -0.1) is 0 Å². The fraction of sp³-hybridized carbons (Fsp3) is 0. The zero-order chi connectivity index (χ0) is 11.0. The molecule has 0 saturated carbocycles. The number of rotatable bonds is 1. The Morgan fingerprint density at radius 1 is 1.06 bits per heavy atom. The molecule has 0 bridgehead atoms. The number of nitrogen functional groups attached to an aromatic ring is 1. The standard InChI is InChI=1S/C11H9N5/c12-10-7-16-11(14-10)2-1-9(15-16)8-3-5-13-6-4-8/h1-7H,12H2. The van der Waals surface area contributed by atoms with Crippen LogP contribution in [0.3, 0.4) is 0 Å². The van der Waals surface area contributed by atoms with Crippen LogP contribution in [0.15, 0.2) is 42.9 Å². The second-order valence-corrected chi connectivity index (χ2v) is 3.42. The summed E-state index contributed by atoms with van der Waals surface area (Å²) < 4.78 is 1.67. The number of hydrogen-bond donors (Lipinski definition) is 1. The van der Waals surface area contributed by atoms with Crippen molar-refractivity contribution >= 4 is 11.5 Å². The van der Waals surface area contributed by atoms with Gasteiger partial charge in [-0.3, -0.25) is 4.98 Å². The van der Waals surface area contributed by atoms with Gasteiger partial charge in [0.25, 0.3) is 0 Å². The Morgan fingerprint density at radius 3 is 2.69 bits per heavy atom. The molecule has 2 N–H and O–H groups in total. The van der Waals surface area contributed by atoms with Crippen LogP contribution >= 0.6 is 0 Å². The Kier molecular flexibility index (Phi) is 1.83. The summed E-state index contributed by atoms with van der Waals surface area (Å²) in [7, 11) is 0. The first kappa shape index (κ1) is 8.84. The van der Waals surface area contributed by atoms with E-state index in [1.165, 1.54) is 0 Å². The number of nitrogens with zero attached hydrogens (tertiary/aromatic N) is 4. The molecule has 0 unspecified atom stereocenters. The molecule has 78 valence electrons. The molecule has 0 aliphatic rings. The lowest BCUT2D eigenvalue weighted by molar-refractivity contribution is 0.942. The molecule has 0 aliphatic carbocycles. The van der Waals surface area contributed by atoms with E-state index in [9.17, 15) is 0 Å². The van der Waals surface area contributed by atoms with Crippen LogP contribution < -0.4 is 5.73 Å². The molecule has 0 amide bonds. The maximum absolute atomic E-state index is 5.60. The summed E-state index contributed by atoms with van der Waals surface area (Å²) in [5, 5.41) is 4.41. The Morgan fingerprint density at radius 2 is 1.88 bits per heavy atom. The molecule has 3 rings (SSSR count). The summed E-state index contributed by atoms with van der Waals surface area (Å²) in [5.74, 6) is 0.472. The van der Waals surface area contributed by atoms with Gasteiger partial charge in [0.15, 0.2) is 5.65 Å². The minimum atomic E-state index is 0.472. The smallest absolute Gasteiger partial charge is 0.156 e. The minimum Gasteiger partial charge on any atom is -0.382 e. The molecular formula is C11H9N5. The molecule has 5 heteroatoms. The second-order valence-electron chi connectivity index (χ2n) is 3.42. The van der Waals surface area contributed by atoms with Crippen LogP contribution in [0.4, 0.5) is 5.82 Å². The van der Waals surface area contributed by atoms with Crippen LogP contribution in [0, 0.1) is 0 Å². The molecule has 0 radical (unpaired) electrons. The molecular weight excluding hydrogens is 202 g/mol. The second kappa shape index (κ2) is 3.30. The molecule has 0 spiro atoms. The highest BCUT2D eigenvalue weighted by Gasteiger charge is 2.02. The maximum atomic E-state index is 5.60. The normalized spacial score (nSPS) is 10.8. The van der Waals surface area contributed by atoms with Crippen molar-refractivity contribution in [2.24, 2.45) is 0 Å². The first-order valence-electron chi connectivity index (χ1n) is 4.85. The SMILES string of the molecule is Nc1cn2nc(-c3ccncc3)ccc2n1. The highest BCUT2D eigenvalue weighted by atomic mass is 15.3. The van der Waals surface area contributed by atoms with Crippen LogP contribution in [0.1, 0.15) is 0 Å². The third kappa shape index (κ3) is 1.38. The summed E-state index contributed by atoms with van der Waals surface area (Å²) in [6.45, 7) is 0. The summed E-state index contributed by atoms with van der Waals surface area (Å²) in [4.78, 5) is 8.08. The monoisotopic (exact) mass is 211 g/mol. The zero-order valence-electron chi connectivity index (χ0n) is 8.41. The van der Waals surface area contributed by atoms with E-state index in [1.54, 1.807) is 23.1 Å². The fourth-order valence-electron chi connectivity index (χ4n) is 1.58. The van der Waals surface area contributed by atoms with Gasteiger partial charge in [-0.05, 0) is 24.3 Å². The molecule has 5 nitrogen and oxygen atoms in total. The van der Waals surface area contributed by atoms with Gasteiger partial charge in [-0.2, -0.15) is 5.10 Å². The van der Waals surface area contributed by atoms with Crippen molar-refractivity contribution in [3.8, 4) is 11.3 Å². The summed E-state index contributed by atoms with van der Waals surface area (Å²) in [6.07, 6.45) is 5.17. The molecule has 3 heterocycles. The van der Waals surface area contributed by atoms with E-state index >= 15 is 0 Å². The zero-order valence-corrected chi connectivity index (χ0v) is 8.41. The molecule has 0 aromatic carbocycles.